The van der Waals surface area contributed by atoms with E-state index in [-0.39, 0.29) is 24.2 Å². The number of rotatable bonds is 2. The smallest absolute Gasteiger partial charge is 0.134 e. The molecule has 17 heavy (non-hydrogen) atoms. The minimum Gasteiger partial charge on any atom is -0.506 e. The van der Waals surface area contributed by atoms with Gasteiger partial charge in [-0.05, 0) is 50.5 Å². The molecule has 0 bridgehead atoms. The van der Waals surface area contributed by atoms with Gasteiger partial charge in [-0.3, -0.25) is 0 Å². The fourth-order valence-corrected chi connectivity index (χ4v) is 3.41. The van der Waals surface area contributed by atoms with Gasteiger partial charge < -0.3 is 10.8 Å². The third kappa shape index (κ3) is 3.23. The summed E-state index contributed by atoms with van der Waals surface area (Å²) in [4.78, 5) is 0. The zero-order chi connectivity index (χ0) is 11.7. The minimum atomic E-state index is -0.306. The van der Waals surface area contributed by atoms with Crippen molar-refractivity contribution in [3.63, 3.8) is 0 Å². The maximum atomic E-state index is 9.95. The Kier molecular flexibility index (Phi) is 5.47. The fraction of sp³-hybridized carbons (Fsp3) is 0.0909. The van der Waals surface area contributed by atoms with Crippen LogP contribution < -0.4 is 5.73 Å². The Balaban J connectivity index is 0.00000144. The van der Waals surface area contributed by atoms with Crippen LogP contribution in [0.3, 0.4) is 0 Å². The van der Waals surface area contributed by atoms with E-state index in [0.717, 1.165) is 10.0 Å². The summed E-state index contributed by atoms with van der Waals surface area (Å²) in [5.41, 5.74) is 7.82. The molecule has 0 saturated heterocycles. The van der Waals surface area contributed by atoms with Gasteiger partial charge in [-0.15, -0.1) is 12.4 Å². The third-order valence-corrected chi connectivity index (χ3v) is 4.06. The quantitative estimate of drug-likeness (QED) is 0.784. The molecule has 0 aliphatic heterocycles. The zero-order valence-corrected chi connectivity index (χ0v) is 13.4. The van der Waals surface area contributed by atoms with Crippen LogP contribution >= 0.6 is 55.6 Å². The summed E-state index contributed by atoms with van der Waals surface area (Å²) in [6.45, 7) is 0. The van der Waals surface area contributed by atoms with Crippen molar-refractivity contribution in [2.24, 2.45) is 5.73 Å². The van der Waals surface area contributed by atoms with Gasteiger partial charge in [-0.2, -0.15) is 11.3 Å². The Hall–Kier alpha value is -0.0700. The number of halogens is 3. The summed E-state index contributed by atoms with van der Waals surface area (Å²) in [5.74, 6) is 0.196. The van der Waals surface area contributed by atoms with E-state index in [1.807, 2.05) is 22.9 Å². The first-order valence-corrected chi connectivity index (χ1v) is 7.08. The van der Waals surface area contributed by atoms with Crippen LogP contribution in [0.4, 0.5) is 0 Å². The van der Waals surface area contributed by atoms with Crippen molar-refractivity contribution < 1.29 is 5.11 Å². The molecule has 6 heteroatoms. The largest absolute Gasteiger partial charge is 0.506 e. The van der Waals surface area contributed by atoms with Crippen molar-refractivity contribution in [3.05, 3.63) is 49.0 Å². The van der Waals surface area contributed by atoms with Gasteiger partial charge >= 0.3 is 0 Å². The minimum absolute atomic E-state index is 0. The number of nitrogens with two attached hydrogens (primary N) is 1. The number of thiophene rings is 1. The molecule has 0 aliphatic carbocycles. The van der Waals surface area contributed by atoms with Crippen molar-refractivity contribution in [1.29, 1.82) is 0 Å². The van der Waals surface area contributed by atoms with Gasteiger partial charge in [0.05, 0.1) is 10.5 Å². The van der Waals surface area contributed by atoms with E-state index in [1.165, 1.54) is 0 Å². The predicted octanol–water partition coefficient (Wildman–Crippen LogP) is 4.45. The summed E-state index contributed by atoms with van der Waals surface area (Å²) in [6, 6.07) is 5.28. The van der Waals surface area contributed by atoms with Crippen LogP contribution in [0.25, 0.3) is 0 Å². The molecule has 0 aliphatic rings. The number of aromatic hydroxyl groups is 1. The molecule has 2 aromatic rings. The van der Waals surface area contributed by atoms with Gasteiger partial charge in [0.2, 0.25) is 0 Å². The molecule has 2 rings (SSSR count). The highest BCUT2D eigenvalue weighted by Crippen LogP contribution is 2.36. The average molecular weight is 400 g/mol. The standard InChI is InChI=1S/C11H9Br2NOS.ClH/c12-7-3-8(11(15)9(13)4-7)10(14)6-1-2-16-5-6;/h1-5,10,15H,14H2;1H/t10-;/m1./s1. The van der Waals surface area contributed by atoms with E-state index in [4.69, 9.17) is 5.73 Å². The van der Waals surface area contributed by atoms with E-state index in [9.17, 15) is 5.11 Å². The van der Waals surface area contributed by atoms with Gasteiger partial charge in [0, 0.05) is 10.0 Å². The molecule has 1 aromatic carbocycles. The van der Waals surface area contributed by atoms with Crippen molar-refractivity contribution in [3.8, 4) is 5.75 Å². The molecular formula is C11H10Br2ClNOS. The number of hydrogen-bond donors (Lipinski definition) is 2. The van der Waals surface area contributed by atoms with Gasteiger partial charge in [-0.1, -0.05) is 15.9 Å². The first-order chi connectivity index (χ1) is 7.59. The molecule has 0 saturated carbocycles. The van der Waals surface area contributed by atoms with E-state index in [1.54, 1.807) is 17.4 Å². The van der Waals surface area contributed by atoms with Crippen LogP contribution in [0.2, 0.25) is 0 Å². The van der Waals surface area contributed by atoms with Crippen molar-refractivity contribution in [2.75, 3.05) is 0 Å². The highest BCUT2D eigenvalue weighted by Gasteiger charge is 2.16. The summed E-state index contributed by atoms with van der Waals surface area (Å²) < 4.78 is 1.53. The summed E-state index contributed by atoms with van der Waals surface area (Å²) in [7, 11) is 0. The lowest BCUT2D eigenvalue weighted by Crippen LogP contribution is -2.11. The van der Waals surface area contributed by atoms with Gasteiger partial charge in [0.1, 0.15) is 5.75 Å². The second kappa shape index (κ2) is 6.20. The molecule has 3 N–H and O–H groups in total. The maximum Gasteiger partial charge on any atom is 0.134 e. The van der Waals surface area contributed by atoms with E-state index < -0.39 is 0 Å². The lowest BCUT2D eigenvalue weighted by atomic mass is 10.0. The van der Waals surface area contributed by atoms with E-state index >= 15 is 0 Å². The van der Waals surface area contributed by atoms with Crippen molar-refractivity contribution in [2.45, 2.75) is 6.04 Å². The van der Waals surface area contributed by atoms with Gasteiger partial charge in [0.15, 0.2) is 0 Å². The molecular weight excluding hydrogens is 389 g/mol. The molecule has 0 unspecified atom stereocenters. The fourth-order valence-electron chi connectivity index (χ4n) is 1.45. The Morgan fingerprint density at radius 1 is 1.29 bits per heavy atom. The summed E-state index contributed by atoms with van der Waals surface area (Å²) in [5, 5.41) is 13.9. The van der Waals surface area contributed by atoms with Crippen LogP contribution in [0.15, 0.2) is 37.9 Å². The average Bonchev–Trinajstić information content (AvgIpc) is 2.75. The summed E-state index contributed by atoms with van der Waals surface area (Å²) >= 11 is 8.27. The second-order valence-electron chi connectivity index (χ2n) is 3.36. The molecule has 0 fully saturated rings. The first-order valence-electron chi connectivity index (χ1n) is 4.55. The Labute approximate surface area is 127 Å². The maximum absolute atomic E-state index is 9.95. The number of hydrogen-bond acceptors (Lipinski definition) is 3. The van der Waals surface area contributed by atoms with Crippen molar-refractivity contribution >= 4 is 55.6 Å². The number of phenolic OH excluding ortho intramolecular Hbond substituents is 1. The van der Waals surface area contributed by atoms with Crippen LogP contribution in [0, 0.1) is 0 Å². The van der Waals surface area contributed by atoms with Crippen LogP contribution in [0.1, 0.15) is 17.2 Å². The molecule has 1 aromatic heterocycles. The van der Waals surface area contributed by atoms with E-state index in [0.29, 0.717) is 10.0 Å². The van der Waals surface area contributed by atoms with Crippen LogP contribution in [0.5, 0.6) is 5.75 Å². The van der Waals surface area contributed by atoms with Crippen molar-refractivity contribution in [1.82, 2.24) is 0 Å². The SMILES string of the molecule is Cl.N[C@H](c1ccsc1)c1cc(Br)cc(Br)c1O. The topological polar surface area (TPSA) is 46.2 Å². The lowest BCUT2D eigenvalue weighted by Gasteiger charge is -2.14. The lowest BCUT2D eigenvalue weighted by molar-refractivity contribution is 0.461. The monoisotopic (exact) mass is 397 g/mol. The molecule has 2 nitrogen and oxygen atoms in total. The molecule has 0 radical (unpaired) electrons. The molecule has 1 atom stereocenters. The molecule has 1 heterocycles. The molecule has 92 valence electrons. The summed E-state index contributed by atoms with van der Waals surface area (Å²) in [6.07, 6.45) is 0. The Morgan fingerprint density at radius 3 is 2.59 bits per heavy atom. The highest BCUT2D eigenvalue weighted by molar-refractivity contribution is 9.11. The van der Waals surface area contributed by atoms with Gasteiger partial charge in [0.25, 0.3) is 0 Å². The van der Waals surface area contributed by atoms with Gasteiger partial charge in [-0.25, -0.2) is 0 Å². The molecule has 0 spiro atoms. The normalized spacial score (nSPS) is 11.9. The highest BCUT2D eigenvalue weighted by atomic mass is 79.9. The predicted molar refractivity (Wildman–Crippen MR) is 81.1 cm³/mol. The third-order valence-electron chi connectivity index (χ3n) is 2.30. The second-order valence-corrected chi connectivity index (χ2v) is 5.91. The zero-order valence-electron chi connectivity index (χ0n) is 8.56. The number of phenols is 1. The molecule has 0 amide bonds. The first kappa shape index (κ1) is 15.0. The van der Waals surface area contributed by atoms with E-state index in [2.05, 4.69) is 31.9 Å². The van der Waals surface area contributed by atoms with Crippen LogP contribution in [-0.4, -0.2) is 5.11 Å². The Bertz CT molecular complexity index is 504. The van der Waals surface area contributed by atoms with Crippen LogP contribution in [-0.2, 0) is 0 Å². The number of benzene rings is 1. The Morgan fingerprint density at radius 2 is 2.00 bits per heavy atom.